The van der Waals surface area contributed by atoms with Crippen LogP contribution in [0.4, 0.5) is 0 Å². The summed E-state index contributed by atoms with van der Waals surface area (Å²) in [5.74, 6) is 1.63. The third-order valence-electron chi connectivity index (χ3n) is 2.82. The zero-order valence-corrected chi connectivity index (χ0v) is 11.9. The molecular weight excluding hydrogens is 240 g/mol. The van der Waals surface area contributed by atoms with Crippen LogP contribution in [0.5, 0.6) is 11.5 Å². The molecule has 0 spiro atoms. The lowest BCUT2D eigenvalue weighted by atomic mass is 10.0. The first-order valence-electron chi connectivity index (χ1n) is 6.65. The van der Waals surface area contributed by atoms with Crippen molar-refractivity contribution in [2.45, 2.75) is 32.7 Å². The van der Waals surface area contributed by atoms with E-state index in [1.807, 2.05) is 45.0 Å². The van der Waals surface area contributed by atoms with Crippen molar-refractivity contribution < 1.29 is 9.47 Å². The van der Waals surface area contributed by atoms with Crippen molar-refractivity contribution in [2.75, 3.05) is 19.8 Å². The van der Waals surface area contributed by atoms with E-state index in [9.17, 15) is 0 Å². The average Bonchev–Trinajstić information content (AvgIpc) is 2.41. The summed E-state index contributed by atoms with van der Waals surface area (Å²) in [5, 5.41) is 12.3. The minimum absolute atomic E-state index is 0.505. The molecule has 0 aliphatic carbocycles. The second kappa shape index (κ2) is 7.65. The van der Waals surface area contributed by atoms with E-state index in [1.165, 1.54) is 0 Å². The summed E-state index contributed by atoms with van der Waals surface area (Å²) in [7, 11) is 0. The van der Waals surface area contributed by atoms with Crippen molar-refractivity contribution >= 4 is 0 Å². The standard InChI is InChI=1S/C15H22N2O2/c1-4-17-15(3,12-16)10-11-19-14-8-6-13(7-9-14)18-5-2/h6-9,17H,4-5,10-11H2,1-3H3. The van der Waals surface area contributed by atoms with Crippen LogP contribution >= 0.6 is 0 Å². The van der Waals surface area contributed by atoms with Gasteiger partial charge < -0.3 is 9.47 Å². The minimum Gasteiger partial charge on any atom is -0.494 e. The van der Waals surface area contributed by atoms with E-state index in [0.717, 1.165) is 18.0 Å². The molecule has 19 heavy (non-hydrogen) atoms. The van der Waals surface area contributed by atoms with Crippen molar-refractivity contribution in [2.24, 2.45) is 0 Å². The maximum absolute atomic E-state index is 9.12. The van der Waals surface area contributed by atoms with E-state index in [1.54, 1.807) is 0 Å². The maximum Gasteiger partial charge on any atom is 0.119 e. The van der Waals surface area contributed by atoms with E-state index in [4.69, 9.17) is 14.7 Å². The molecule has 0 bridgehead atoms. The summed E-state index contributed by atoms with van der Waals surface area (Å²) in [6.45, 7) is 7.76. The highest BCUT2D eigenvalue weighted by Gasteiger charge is 2.21. The molecule has 1 rings (SSSR count). The van der Waals surface area contributed by atoms with Crippen LogP contribution in [-0.2, 0) is 0 Å². The summed E-state index contributed by atoms with van der Waals surface area (Å²) in [6.07, 6.45) is 0.643. The largest absolute Gasteiger partial charge is 0.494 e. The molecule has 0 fully saturated rings. The van der Waals surface area contributed by atoms with Crippen LogP contribution in [-0.4, -0.2) is 25.3 Å². The maximum atomic E-state index is 9.12. The molecule has 0 aromatic heterocycles. The Morgan fingerprint density at radius 1 is 1.16 bits per heavy atom. The lowest BCUT2D eigenvalue weighted by Gasteiger charge is -2.22. The lowest BCUT2D eigenvalue weighted by molar-refractivity contribution is 0.268. The molecule has 0 saturated heterocycles. The predicted molar refractivity (Wildman–Crippen MR) is 75.4 cm³/mol. The minimum atomic E-state index is -0.528. The van der Waals surface area contributed by atoms with Gasteiger partial charge in [0.2, 0.25) is 0 Å². The van der Waals surface area contributed by atoms with Crippen LogP contribution in [0.15, 0.2) is 24.3 Å². The van der Waals surface area contributed by atoms with Gasteiger partial charge in [0.1, 0.15) is 17.0 Å². The Hall–Kier alpha value is -1.73. The van der Waals surface area contributed by atoms with Crippen molar-refractivity contribution in [3.63, 3.8) is 0 Å². The van der Waals surface area contributed by atoms with Crippen LogP contribution in [0.1, 0.15) is 27.2 Å². The molecule has 0 saturated carbocycles. The number of ether oxygens (including phenoxy) is 2. The van der Waals surface area contributed by atoms with Gasteiger partial charge in [0.15, 0.2) is 0 Å². The molecule has 0 radical (unpaired) electrons. The fourth-order valence-corrected chi connectivity index (χ4v) is 1.75. The fraction of sp³-hybridized carbons (Fsp3) is 0.533. The van der Waals surface area contributed by atoms with E-state index < -0.39 is 5.54 Å². The Bertz CT molecular complexity index is 411. The highest BCUT2D eigenvalue weighted by Crippen LogP contribution is 2.18. The zero-order valence-electron chi connectivity index (χ0n) is 11.9. The van der Waals surface area contributed by atoms with Gasteiger partial charge in [-0.2, -0.15) is 5.26 Å². The van der Waals surface area contributed by atoms with Crippen LogP contribution in [0, 0.1) is 11.3 Å². The van der Waals surface area contributed by atoms with Gasteiger partial charge in [0.25, 0.3) is 0 Å². The summed E-state index contributed by atoms with van der Waals surface area (Å²) >= 11 is 0. The molecule has 104 valence electrons. The summed E-state index contributed by atoms with van der Waals surface area (Å²) < 4.78 is 11.0. The number of nitrogens with zero attached hydrogens (tertiary/aromatic N) is 1. The number of hydrogen-bond donors (Lipinski definition) is 1. The molecule has 1 aromatic rings. The van der Waals surface area contributed by atoms with Crippen molar-refractivity contribution in [1.29, 1.82) is 5.26 Å². The fourth-order valence-electron chi connectivity index (χ4n) is 1.75. The summed E-state index contributed by atoms with van der Waals surface area (Å²) in [5.41, 5.74) is -0.528. The predicted octanol–water partition coefficient (Wildman–Crippen LogP) is 2.75. The second-order valence-corrected chi connectivity index (χ2v) is 4.48. The van der Waals surface area contributed by atoms with Gasteiger partial charge in [-0.3, -0.25) is 5.32 Å². The monoisotopic (exact) mass is 262 g/mol. The van der Waals surface area contributed by atoms with Crippen molar-refractivity contribution in [3.8, 4) is 17.6 Å². The van der Waals surface area contributed by atoms with Crippen LogP contribution in [0.25, 0.3) is 0 Å². The number of benzene rings is 1. The molecule has 0 amide bonds. The van der Waals surface area contributed by atoms with Gasteiger partial charge in [0, 0.05) is 6.42 Å². The van der Waals surface area contributed by atoms with Gasteiger partial charge in [-0.25, -0.2) is 0 Å². The molecule has 4 nitrogen and oxygen atoms in total. The molecule has 1 aromatic carbocycles. The Morgan fingerprint density at radius 2 is 1.74 bits per heavy atom. The normalized spacial score (nSPS) is 13.4. The third kappa shape index (κ3) is 5.19. The summed E-state index contributed by atoms with van der Waals surface area (Å²) in [6, 6.07) is 9.80. The zero-order chi connectivity index (χ0) is 14.1. The van der Waals surface area contributed by atoms with E-state index in [0.29, 0.717) is 19.6 Å². The second-order valence-electron chi connectivity index (χ2n) is 4.48. The molecule has 0 aliphatic heterocycles. The van der Waals surface area contributed by atoms with E-state index >= 15 is 0 Å². The Balaban J connectivity index is 2.42. The van der Waals surface area contributed by atoms with E-state index in [2.05, 4.69) is 11.4 Å². The average molecular weight is 262 g/mol. The van der Waals surface area contributed by atoms with Crippen LogP contribution < -0.4 is 14.8 Å². The molecule has 0 aliphatic rings. The SMILES string of the molecule is CCNC(C)(C#N)CCOc1ccc(OCC)cc1. The first-order chi connectivity index (χ1) is 9.13. The van der Waals surface area contributed by atoms with Gasteiger partial charge >= 0.3 is 0 Å². The molecule has 4 heteroatoms. The van der Waals surface area contributed by atoms with Gasteiger partial charge in [-0.1, -0.05) is 6.92 Å². The first-order valence-corrected chi connectivity index (χ1v) is 6.65. The Labute approximate surface area is 115 Å². The van der Waals surface area contributed by atoms with E-state index in [-0.39, 0.29) is 0 Å². The number of hydrogen-bond acceptors (Lipinski definition) is 4. The molecule has 1 unspecified atom stereocenters. The lowest BCUT2D eigenvalue weighted by Crippen LogP contribution is -2.42. The molecule has 1 atom stereocenters. The smallest absolute Gasteiger partial charge is 0.119 e. The van der Waals surface area contributed by atoms with Gasteiger partial charge in [-0.05, 0) is 44.7 Å². The topological polar surface area (TPSA) is 54.3 Å². The third-order valence-corrected chi connectivity index (χ3v) is 2.82. The molecular formula is C15H22N2O2. The summed E-state index contributed by atoms with van der Waals surface area (Å²) in [4.78, 5) is 0. The Kier molecular flexibility index (Phi) is 6.17. The van der Waals surface area contributed by atoms with Gasteiger partial charge in [0.05, 0.1) is 19.3 Å². The molecule has 1 N–H and O–H groups in total. The molecule has 0 heterocycles. The van der Waals surface area contributed by atoms with Crippen LogP contribution in [0.2, 0.25) is 0 Å². The quantitative estimate of drug-likeness (QED) is 0.782. The van der Waals surface area contributed by atoms with Crippen molar-refractivity contribution in [3.05, 3.63) is 24.3 Å². The highest BCUT2D eigenvalue weighted by atomic mass is 16.5. The number of nitriles is 1. The first kappa shape index (κ1) is 15.3. The van der Waals surface area contributed by atoms with Crippen molar-refractivity contribution in [1.82, 2.24) is 5.32 Å². The van der Waals surface area contributed by atoms with Crippen LogP contribution in [0.3, 0.4) is 0 Å². The number of rotatable bonds is 8. The number of nitrogens with one attached hydrogen (secondary N) is 1. The van der Waals surface area contributed by atoms with Gasteiger partial charge in [-0.15, -0.1) is 0 Å². The Morgan fingerprint density at radius 3 is 2.21 bits per heavy atom. The highest BCUT2D eigenvalue weighted by molar-refractivity contribution is 5.31.